The average molecular weight is 255 g/mol. The standard InChI is InChI=1S/C13H19ClN2O/c1-3-12-9-17-5-4-16(12)13-10(2)6-11(7-14)8-15-13/h6,8,12H,3-5,7,9H2,1-2H3. The van der Waals surface area contributed by atoms with Gasteiger partial charge in [0.2, 0.25) is 0 Å². The van der Waals surface area contributed by atoms with Crippen molar-refractivity contribution in [3.05, 3.63) is 23.4 Å². The van der Waals surface area contributed by atoms with Crippen molar-refractivity contribution in [2.24, 2.45) is 0 Å². The second-order valence-corrected chi connectivity index (χ2v) is 4.72. The van der Waals surface area contributed by atoms with Crippen LogP contribution in [-0.4, -0.2) is 30.8 Å². The van der Waals surface area contributed by atoms with Crippen LogP contribution < -0.4 is 4.90 Å². The third-order valence-electron chi connectivity index (χ3n) is 3.23. The van der Waals surface area contributed by atoms with Gasteiger partial charge in [-0.2, -0.15) is 0 Å². The van der Waals surface area contributed by atoms with E-state index >= 15 is 0 Å². The lowest BCUT2D eigenvalue weighted by Crippen LogP contribution is -2.45. The van der Waals surface area contributed by atoms with Crippen LogP contribution in [0, 0.1) is 6.92 Å². The molecule has 94 valence electrons. The fraction of sp³-hybridized carbons (Fsp3) is 0.615. The van der Waals surface area contributed by atoms with Gasteiger partial charge in [-0.15, -0.1) is 11.6 Å². The minimum absolute atomic E-state index is 0.441. The molecule has 1 atom stereocenters. The predicted octanol–water partition coefficient (Wildman–Crippen LogP) is 2.74. The minimum Gasteiger partial charge on any atom is -0.377 e. The molecule has 1 aliphatic rings. The Morgan fingerprint density at radius 1 is 1.59 bits per heavy atom. The van der Waals surface area contributed by atoms with Gasteiger partial charge in [0.05, 0.1) is 19.3 Å². The maximum atomic E-state index is 5.82. The van der Waals surface area contributed by atoms with Gasteiger partial charge in [-0.05, 0) is 30.5 Å². The topological polar surface area (TPSA) is 25.4 Å². The van der Waals surface area contributed by atoms with Crippen molar-refractivity contribution in [1.29, 1.82) is 0 Å². The molecule has 4 heteroatoms. The van der Waals surface area contributed by atoms with Crippen LogP contribution in [0.4, 0.5) is 5.82 Å². The lowest BCUT2D eigenvalue weighted by atomic mass is 10.1. The Labute approximate surface area is 108 Å². The summed E-state index contributed by atoms with van der Waals surface area (Å²) in [6.07, 6.45) is 2.95. The Morgan fingerprint density at radius 3 is 3.06 bits per heavy atom. The summed E-state index contributed by atoms with van der Waals surface area (Å²) >= 11 is 5.82. The summed E-state index contributed by atoms with van der Waals surface area (Å²) in [4.78, 5) is 6.91. The SMILES string of the molecule is CCC1COCCN1c1ncc(CCl)cc1C. The van der Waals surface area contributed by atoms with E-state index < -0.39 is 0 Å². The number of pyridine rings is 1. The molecule has 0 amide bonds. The van der Waals surface area contributed by atoms with Crippen LogP contribution in [0.5, 0.6) is 0 Å². The molecule has 0 aliphatic carbocycles. The molecule has 0 N–H and O–H groups in total. The van der Waals surface area contributed by atoms with E-state index in [-0.39, 0.29) is 0 Å². The van der Waals surface area contributed by atoms with E-state index in [0.29, 0.717) is 11.9 Å². The summed E-state index contributed by atoms with van der Waals surface area (Å²) < 4.78 is 5.52. The fourth-order valence-electron chi connectivity index (χ4n) is 2.27. The van der Waals surface area contributed by atoms with E-state index in [4.69, 9.17) is 16.3 Å². The lowest BCUT2D eigenvalue weighted by Gasteiger charge is -2.36. The van der Waals surface area contributed by atoms with Crippen molar-refractivity contribution in [2.75, 3.05) is 24.7 Å². The Balaban J connectivity index is 2.25. The summed E-state index contributed by atoms with van der Waals surface area (Å²) in [6.45, 7) is 6.80. The Bertz CT molecular complexity index is 384. The van der Waals surface area contributed by atoms with Crippen molar-refractivity contribution >= 4 is 17.4 Å². The molecule has 3 nitrogen and oxygen atoms in total. The highest BCUT2D eigenvalue weighted by Crippen LogP contribution is 2.23. The quantitative estimate of drug-likeness (QED) is 0.776. The highest BCUT2D eigenvalue weighted by Gasteiger charge is 2.23. The number of rotatable bonds is 3. The van der Waals surface area contributed by atoms with Crippen LogP contribution >= 0.6 is 11.6 Å². The van der Waals surface area contributed by atoms with Crippen LogP contribution in [0.2, 0.25) is 0 Å². The van der Waals surface area contributed by atoms with E-state index in [2.05, 4.69) is 29.8 Å². The Kier molecular flexibility index (Phi) is 4.24. The van der Waals surface area contributed by atoms with Crippen LogP contribution in [-0.2, 0) is 10.6 Å². The molecule has 0 saturated carbocycles. The molecule has 1 aromatic rings. The maximum absolute atomic E-state index is 5.82. The molecule has 1 unspecified atom stereocenters. The molecule has 17 heavy (non-hydrogen) atoms. The summed E-state index contributed by atoms with van der Waals surface area (Å²) in [5.41, 5.74) is 2.28. The van der Waals surface area contributed by atoms with E-state index in [9.17, 15) is 0 Å². The van der Waals surface area contributed by atoms with Gasteiger partial charge in [0.25, 0.3) is 0 Å². The van der Waals surface area contributed by atoms with Gasteiger partial charge in [0.15, 0.2) is 0 Å². The molecule has 0 spiro atoms. The van der Waals surface area contributed by atoms with E-state index in [1.165, 1.54) is 5.56 Å². The highest BCUT2D eigenvalue weighted by molar-refractivity contribution is 6.17. The van der Waals surface area contributed by atoms with E-state index in [1.54, 1.807) is 0 Å². The smallest absolute Gasteiger partial charge is 0.131 e. The zero-order valence-corrected chi connectivity index (χ0v) is 11.2. The van der Waals surface area contributed by atoms with Gasteiger partial charge in [-0.25, -0.2) is 4.98 Å². The highest BCUT2D eigenvalue weighted by atomic mass is 35.5. The second kappa shape index (κ2) is 5.69. The van der Waals surface area contributed by atoms with Crippen LogP contribution in [0.3, 0.4) is 0 Å². The molecule has 1 aliphatic heterocycles. The zero-order valence-electron chi connectivity index (χ0n) is 10.4. The number of aryl methyl sites for hydroxylation is 1. The molecular formula is C13H19ClN2O. The molecule has 1 saturated heterocycles. The summed E-state index contributed by atoms with van der Waals surface area (Å²) in [6, 6.07) is 2.56. The van der Waals surface area contributed by atoms with E-state index in [1.807, 2.05) is 6.20 Å². The molecular weight excluding hydrogens is 236 g/mol. The largest absolute Gasteiger partial charge is 0.377 e. The molecule has 2 rings (SSSR count). The Hall–Kier alpha value is -0.800. The third-order valence-corrected chi connectivity index (χ3v) is 3.54. The van der Waals surface area contributed by atoms with Crippen molar-refractivity contribution in [2.45, 2.75) is 32.2 Å². The van der Waals surface area contributed by atoms with Gasteiger partial charge in [-0.3, -0.25) is 0 Å². The molecule has 2 heterocycles. The number of hydrogen-bond acceptors (Lipinski definition) is 3. The first kappa shape index (κ1) is 12.7. The van der Waals surface area contributed by atoms with Crippen molar-refractivity contribution in [1.82, 2.24) is 4.98 Å². The average Bonchev–Trinajstić information content (AvgIpc) is 2.38. The van der Waals surface area contributed by atoms with E-state index in [0.717, 1.165) is 37.6 Å². The molecule has 1 aromatic heterocycles. The molecule has 0 aromatic carbocycles. The molecule has 0 radical (unpaired) electrons. The number of aromatic nitrogens is 1. The predicted molar refractivity (Wildman–Crippen MR) is 70.8 cm³/mol. The number of alkyl halides is 1. The van der Waals surface area contributed by atoms with Crippen LogP contribution in [0.25, 0.3) is 0 Å². The monoisotopic (exact) mass is 254 g/mol. The van der Waals surface area contributed by atoms with Crippen molar-refractivity contribution in [3.8, 4) is 0 Å². The van der Waals surface area contributed by atoms with Gasteiger partial charge < -0.3 is 9.64 Å². The van der Waals surface area contributed by atoms with Gasteiger partial charge in [-0.1, -0.05) is 6.92 Å². The number of ether oxygens (including phenoxy) is 1. The number of hydrogen-bond donors (Lipinski definition) is 0. The van der Waals surface area contributed by atoms with Crippen LogP contribution in [0.15, 0.2) is 12.3 Å². The van der Waals surface area contributed by atoms with Crippen molar-refractivity contribution in [3.63, 3.8) is 0 Å². The second-order valence-electron chi connectivity index (χ2n) is 4.45. The van der Waals surface area contributed by atoms with Gasteiger partial charge in [0.1, 0.15) is 5.82 Å². The van der Waals surface area contributed by atoms with Crippen LogP contribution in [0.1, 0.15) is 24.5 Å². The fourth-order valence-corrected chi connectivity index (χ4v) is 2.42. The number of nitrogens with zero attached hydrogens (tertiary/aromatic N) is 2. The first-order valence-corrected chi connectivity index (χ1v) is 6.65. The summed E-state index contributed by atoms with van der Waals surface area (Å²) in [5.74, 6) is 1.60. The first-order chi connectivity index (χ1) is 8.26. The number of morpholine rings is 1. The lowest BCUT2D eigenvalue weighted by molar-refractivity contribution is 0.0925. The molecule has 0 bridgehead atoms. The third kappa shape index (κ3) is 2.72. The number of halogens is 1. The van der Waals surface area contributed by atoms with Gasteiger partial charge in [0, 0.05) is 18.6 Å². The zero-order chi connectivity index (χ0) is 12.3. The molecule has 1 fully saturated rings. The van der Waals surface area contributed by atoms with Crippen molar-refractivity contribution < 1.29 is 4.74 Å². The van der Waals surface area contributed by atoms with Gasteiger partial charge >= 0.3 is 0 Å². The maximum Gasteiger partial charge on any atom is 0.131 e. The minimum atomic E-state index is 0.441. The Morgan fingerprint density at radius 2 is 2.41 bits per heavy atom. The summed E-state index contributed by atoms with van der Waals surface area (Å²) in [5, 5.41) is 0. The first-order valence-electron chi connectivity index (χ1n) is 6.12. The normalized spacial score (nSPS) is 20.6. The number of anilines is 1. The summed E-state index contributed by atoms with van der Waals surface area (Å²) in [7, 11) is 0.